The Bertz CT molecular complexity index is 880. The molecule has 2 amide bonds. The lowest BCUT2D eigenvalue weighted by Gasteiger charge is -2.43. The summed E-state index contributed by atoms with van der Waals surface area (Å²) in [5.74, 6) is -2.48. The van der Waals surface area contributed by atoms with Crippen molar-refractivity contribution in [3.8, 4) is 0 Å². The zero-order valence-electron chi connectivity index (χ0n) is 14.4. The average molecular weight is 411 g/mol. The number of rotatable bonds is 6. The Labute approximate surface area is 163 Å². The van der Waals surface area contributed by atoms with Gasteiger partial charge in [0.05, 0.1) is 28.1 Å². The van der Waals surface area contributed by atoms with Gasteiger partial charge in [0.2, 0.25) is 12.2 Å². The minimum atomic E-state index is -1.14. The predicted molar refractivity (Wildman–Crippen MR) is 96.8 cm³/mol. The number of primary amides is 1. The summed E-state index contributed by atoms with van der Waals surface area (Å²) < 4.78 is 4.34. The minimum absolute atomic E-state index is 0.00641. The second kappa shape index (κ2) is 6.57. The van der Waals surface area contributed by atoms with Gasteiger partial charge in [0, 0.05) is 6.42 Å². The fourth-order valence-corrected chi connectivity index (χ4v) is 7.01. The van der Waals surface area contributed by atoms with Gasteiger partial charge < -0.3 is 15.9 Å². The molecule has 0 aliphatic carbocycles. The second-order valence-electron chi connectivity index (χ2n) is 6.82. The number of aromatic nitrogens is 2. The summed E-state index contributed by atoms with van der Waals surface area (Å²) in [6.07, 6.45) is 3.69. The normalized spacial score (nSPS) is 27.4. The number of aryl methyl sites for hydroxylation is 1. The van der Waals surface area contributed by atoms with Crippen LogP contribution in [0.2, 0.25) is 0 Å². The third-order valence-electron chi connectivity index (χ3n) is 4.94. The fraction of sp³-hybridized carbons (Fsp3) is 0.500. The van der Waals surface area contributed by atoms with Crippen molar-refractivity contribution >= 4 is 41.3 Å². The van der Waals surface area contributed by atoms with Crippen molar-refractivity contribution in [3.63, 3.8) is 0 Å². The molecule has 4 rings (SSSR count). The van der Waals surface area contributed by atoms with Gasteiger partial charge in [0.15, 0.2) is 17.9 Å². The second-order valence-corrected chi connectivity index (χ2v) is 9.42. The van der Waals surface area contributed by atoms with Crippen molar-refractivity contribution in [1.29, 1.82) is 0 Å². The van der Waals surface area contributed by atoms with Crippen LogP contribution >= 0.6 is 23.5 Å². The van der Waals surface area contributed by atoms with E-state index in [0.717, 1.165) is 18.7 Å². The van der Waals surface area contributed by atoms with E-state index in [-0.39, 0.29) is 28.8 Å². The average Bonchev–Trinajstić information content (AvgIpc) is 3.19. The van der Waals surface area contributed by atoms with Crippen molar-refractivity contribution in [1.82, 2.24) is 9.47 Å². The van der Waals surface area contributed by atoms with Crippen molar-refractivity contribution in [2.24, 2.45) is 11.7 Å². The number of aliphatic hydroxyl groups is 1. The molecule has 0 saturated carbocycles. The lowest BCUT2D eigenvalue weighted by molar-refractivity contribution is -0.684. The van der Waals surface area contributed by atoms with E-state index in [1.165, 1.54) is 28.4 Å². The number of carboxylic acid groups (broad SMARTS) is 1. The number of carboxylic acids is 1. The molecule has 0 bridgehead atoms. The summed E-state index contributed by atoms with van der Waals surface area (Å²) in [4.78, 5) is 36.5. The van der Waals surface area contributed by atoms with Gasteiger partial charge in [-0.25, -0.2) is 13.9 Å². The van der Waals surface area contributed by atoms with Crippen LogP contribution in [0.15, 0.2) is 22.5 Å². The van der Waals surface area contributed by atoms with Gasteiger partial charge in [-0.05, 0) is 6.92 Å². The van der Waals surface area contributed by atoms with Gasteiger partial charge in [-0.15, -0.1) is 11.8 Å². The topological polar surface area (TPSA) is 130 Å². The number of fused-ring (bicyclic) bond motifs is 2. The SMILES string of the molecule is C[C@@H](O)[C@H]1C(=O)N2C(C(=O)O)=C(S[C@@H]3CCn4c[n+](CC(N)=O)cc43)S[C@H]12. The Morgan fingerprint density at radius 3 is 2.89 bits per heavy atom. The maximum Gasteiger partial charge on any atom is 0.354 e. The highest BCUT2D eigenvalue weighted by Gasteiger charge is 2.58. The van der Waals surface area contributed by atoms with Gasteiger partial charge in [-0.2, -0.15) is 0 Å². The van der Waals surface area contributed by atoms with Crippen LogP contribution in [0, 0.1) is 5.92 Å². The molecule has 3 aliphatic heterocycles. The molecule has 144 valence electrons. The molecule has 4 atom stereocenters. The molecule has 4 heterocycles. The molecule has 0 unspecified atom stereocenters. The van der Waals surface area contributed by atoms with Crippen LogP contribution in [0.4, 0.5) is 0 Å². The summed E-state index contributed by atoms with van der Waals surface area (Å²) in [6, 6.07) is 0. The maximum absolute atomic E-state index is 12.3. The van der Waals surface area contributed by atoms with Crippen LogP contribution in [0.25, 0.3) is 0 Å². The van der Waals surface area contributed by atoms with Crippen LogP contribution in [0.3, 0.4) is 0 Å². The number of nitrogens with zero attached hydrogens (tertiary/aromatic N) is 3. The van der Waals surface area contributed by atoms with Gasteiger partial charge in [0.25, 0.3) is 5.91 Å². The predicted octanol–water partition coefficient (Wildman–Crippen LogP) is -0.395. The lowest BCUT2D eigenvalue weighted by atomic mass is 9.92. The van der Waals surface area contributed by atoms with Gasteiger partial charge in [0.1, 0.15) is 11.6 Å². The zero-order valence-corrected chi connectivity index (χ0v) is 16.1. The standard InChI is InChI=1S/C16H18N4O5S2/c1-7(21)11-13(23)20-12(15(24)25)16(27-14(11)20)26-9-2-3-19-6-18(4-8(9)19)5-10(17)22/h4,6-7,9,11,14,21H,2-3,5H2,1H3,(H2-,17,22,24,25)/p+1/t7-,9-,11+,14-/m1/s1. The van der Waals surface area contributed by atoms with Gasteiger partial charge >= 0.3 is 5.97 Å². The number of carbonyl (C=O) groups is 3. The van der Waals surface area contributed by atoms with Crippen molar-refractivity contribution < 1.29 is 29.2 Å². The van der Waals surface area contributed by atoms with E-state index in [0.29, 0.717) is 4.24 Å². The van der Waals surface area contributed by atoms with E-state index in [2.05, 4.69) is 0 Å². The Morgan fingerprint density at radius 2 is 2.26 bits per heavy atom. The summed E-state index contributed by atoms with van der Waals surface area (Å²) in [5.41, 5.74) is 6.24. The van der Waals surface area contributed by atoms with Crippen LogP contribution in [0.5, 0.6) is 0 Å². The molecular weight excluding hydrogens is 392 g/mol. The van der Waals surface area contributed by atoms with Gasteiger partial charge in [-0.3, -0.25) is 14.5 Å². The van der Waals surface area contributed by atoms with E-state index in [4.69, 9.17) is 5.73 Å². The van der Waals surface area contributed by atoms with Crippen molar-refractivity contribution in [2.75, 3.05) is 0 Å². The van der Waals surface area contributed by atoms with Crippen LogP contribution in [0.1, 0.15) is 24.3 Å². The number of aliphatic carboxylic acids is 1. The monoisotopic (exact) mass is 411 g/mol. The smallest absolute Gasteiger partial charge is 0.354 e. The van der Waals surface area contributed by atoms with E-state index < -0.39 is 23.9 Å². The van der Waals surface area contributed by atoms with Crippen molar-refractivity contribution in [2.45, 2.75) is 43.2 Å². The number of carbonyl (C=O) groups excluding carboxylic acids is 2. The Kier molecular flexibility index (Phi) is 4.47. The van der Waals surface area contributed by atoms with E-state index in [1.54, 1.807) is 11.5 Å². The van der Waals surface area contributed by atoms with E-state index in [9.17, 15) is 24.6 Å². The van der Waals surface area contributed by atoms with Crippen molar-refractivity contribution in [3.05, 3.63) is 28.2 Å². The zero-order chi connectivity index (χ0) is 19.5. The molecule has 1 fully saturated rings. The highest BCUT2D eigenvalue weighted by atomic mass is 32.2. The molecule has 4 N–H and O–H groups in total. The number of nitrogens with two attached hydrogens (primary N) is 1. The first kappa shape index (κ1) is 18.4. The Morgan fingerprint density at radius 1 is 1.52 bits per heavy atom. The van der Waals surface area contributed by atoms with Crippen LogP contribution in [-0.4, -0.2) is 48.9 Å². The van der Waals surface area contributed by atoms with E-state index in [1.807, 2.05) is 17.1 Å². The quantitative estimate of drug-likeness (QED) is 0.429. The molecule has 11 heteroatoms. The highest BCUT2D eigenvalue weighted by molar-refractivity contribution is 8.22. The van der Waals surface area contributed by atoms with Crippen LogP contribution in [-0.2, 0) is 27.5 Å². The number of hydrogen-bond acceptors (Lipinski definition) is 6. The molecule has 0 radical (unpaired) electrons. The summed E-state index contributed by atoms with van der Waals surface area (Å²) in [5, 5.41) is 19.1. The molecule has 1 saturated heterocycles. The summed E-state index contributed by atoms with van der Waals surface area (Å²) in [7, 11) is 0. The molecule has 27 heavy (non-hydrogen) atoms. The third kappa shape index (κ3) is 2.93. The molecule has 0 spiro atoms. The molecule has 1 aromatic heterocycles. The third-order valence-corrected chi connectivity index (χ3v) is 7.84. The molecule has 9 nitrogen and oxygen atoms in total. The summed E-state index contributed by atoms with van der Waals surface area (Å²) >= 11 is 2.76. The number of amides is 2. The highest BCUT2D eigenvalue weighted by Crippen LogP contribution is 2.57. The maximum atomic E-state index is 12.3. The molecule has 0 aromatic carbocycles. The largest absolute Gasteiger partial charge is 0.477 e. The Balaban J connectivity index is 1.57. The molecule has 1 aromatic rings. The van der Waals surface area contributed by atoms with Gasteiger partial charge in [-0.1, -0.05) is 11.8 Å². The summed E-state index contributed by atoms with van der Waals surface area (Å²) in [6.45, 7) is 2.41. The Hall–Kier alpha value is -1.98. The lowest BCUT2D eigenvalue weighted by Crippen LogP contribution is -2.60. The number of aliphatic hydroxyl groups excluding tert-OH is 1. The molecule has 3 aliphatic rings. The number of hydrogen-bond donors (Lipinski definition) is 3. The first-order valence-electron chi connectivity index (χ1n) is 8.47. The first-order valence-corrected chi connectivity index (χ1v) is 10.2. The number of imidazole rings is 1. The molecular formula is C16H19N4O5S2+. The number of thioether (sulfide) groups is 2. The number of β-lactam (4-membered cyclic amide) rings is 1. The van der Waals surface area contributed by atoms with E-state index >= 15 is 0 Å². The minimum Gasteiger partial charge on any atom is -0.477 e. The first-order chi connectivity index (χ1) is 12.8. The van der Waals surface area contributed by atoms with Crippen LogP contribution < -0.4 is 10.3 Å². The fourth-order valence-electron chi connectivity index (χ4n) is 3.73.